The first-order chi connectivity index (χ1) is 9.63. The number of aromatic nitrogens is 3. The van der Waals surface area contributed by atoms with E-state index < -0.39 is 0 Å². The molecule has 0 radical (unpaired) electrons. The first-order valence-electron chi connectivity index (χ1n) is 6.56. The zero-order valence-electron chi connectivity index (χ0n) is 12.3. The molecule has 2 aromatic rings. The summed E-state index contributed by atoms with van der Waals surface area (Å²) in [5, 5.41) is 7.16. The first-order valence-corrected chi connectivity index (χ1v) is 6.56. The smallest absolute Gasteiger partial charge is 0.228 e. The highest BCUT2D eigenvalue weighted by atomic mass is 16.5. The maximum absolute atomic E-state index is 5.29. The van der Waals surface area contributed by atoms with Gasteiger partial charge in [0.2, 0.25) is 11.7 Å². The predicted molar refractivity (Wildman–Crippen MR) is 75.4 cm³/mol. The average molecular weight is 276 g/mol. The van der Waals surface area contributed by atoms with Crippen molar-refractivity contribution in [2.45, 2.75) is 26.3 Å². The third-order valence-electron chi connectivity index (χ3n) is 3.09. The van der Waals surface area contributed by atoms with E-state index >= 15 is 0 Å². The van der Waals surface area contributed by atoms with Crippen molar-refractivity contribution in [3.05, 3.63) is 29.3 Å². The van der Waals surface area contributed by atoms with Crippen molar-refractivity contribution in [1.82, 2.24) is 20.4 Å². The SMILES string of the molecule is CNC(COC)Cc1nc(-c2ncc(C)cc2C)no1. The van der Waals surface area contributed by atoms with E-state index in [1.165, 1.54) is 0 Å². The van der Waals surface area contributed by atoms with Gasteiger partial charge in [0.05, 0.1) is 6.61 Å². The van der Waals surface area contributed by atoms with Gasteiger partial charge in [-0.2, -0.15) is 4.98 Å². The third kappa shape index (κ3) is 3.40. The Bertz CT molecular complexity index is 568. The van der Waals surface area contributed by atoms with Gasteiger partial charge in [-0.05, 0) is 32.0 Å². The summed E-state index contributed by atoms with van der Waals surface area (Å²) in [6.07, 6.45) is 2.43. The Balaban J connectivity index is 2.16. The lowest BCUT2D eigenvalue weighted by molar-refractivity contribution is 0.165. The monoisotopic (exact) mass is 276 g/mol. The van der Waals surface area contributed by atoms with E-state index in [-0.39, 0.29) is 6.04 Å². The minimum absolute atomic E-state index is 0.153. The zero-order chi connectivity index (χ0) is 14.5. The number of methoxy groups -OCH3 is 1. The predicted octanol–water partition coefficient (Wildman–Crippen LogP) is 1.53. The lowest BCUT2D eigenvalue weighted by Gasteiger charge is -2.11. The van der Waals surface area contributed by atoms with Gasteiger partial charge < -0.3 is 14.6 Å². The average Bonchev–Trinajstić information content (AvgIpc) is 2.86. The highest BCUT2D eigenvalue weighted by molar-refractivity contribution is 5.53. The maximum Gasteiger partial charge on any atom is 0.228 e. The fourth-order valence-electron chi connectivity index (χ4n) is 2.04. The van der Waals surface area contributed by atoms with Crippen LogP contribution in [0.5, 0.6) is 0 Å². The molecule has 0 amide bonds. The number of aryl methyl sites for hydroxylation is 2. The number of ether oxygens (including phenoxy) is 1. The fraction of sp³-hybridized carbons (Fsp3) is 0.500. The topological polar surface area (TPSA) is 73.1 Å². The summed E-state index contributed by atoms with van der Waals surface area (Å²) in [4.78, 5) is 8.78. The van der Waals surface area contributed by atoms with Crippen molar-refractivity contribution >= 4 is 0 Å². The van der Waals surface area contributed by atoms with Gasteiger partial charge in [-0.25, -0.2) is 0 Å². The number of pyridine rings is 1. The van der Waals surface area contributed by atoms with Crippen LogP contribution in [0.2, 0.25) is 0 Å². The molecule has 2 rings (SSSR count). The number of nitrogens with zero attached hydrogens (tertiary/aromatic N) is 3. The van der Waals surface area contributed by atoms with Crippen LogP contribution in [0.4, 0.5) is 0 Å². The summed E-state index contributed by atoms with van der Waals surface area (Å²) in [6, 6.07) is 2.21. The Hall–Kier alpha value is -1.79. The molecule has 1 unspecified atom stereocenters. The molecule has 0 aliphatic heterocycles. The molecule has 0 bridgehead atoms. The van der Waals surface area contributed by atoms with E-state index in [2.05, 4.69) is 26.5 Å². The van der Waals surface area contributed by atoms with E-state index in [1.54, 1.807) is 13.3 Å². The lowest BCUT2D eigenvalue weighted by atomic mass is 10.1. The molecule has 20 heavy (non-hydrogen) atoms. The van der Waals surface area contributed by atoms with Gasteiger partial charge in [-0.15, -0.1) is 0 Å². The van der Waals surface area contributed by atoms with E-state index in [4.69, 9.17) is 9.26 Å². The van der Waals surface area contributed by atoms with Crippen LogP contribution in [0, 0.1) is 13.8 Å². The Labute approximate surface area is 118 Å². The maximum atomic E-state index is 5.29. The molecule has 0 aromatic carbocycles. The van der Waals surface area contributed by atoms with Gasteiger partial charge in [-0.1, -0.05) is 11.2 Å². The summed E-state index contributed by atoms with van der Waals surface area (Å²) in [7, 11) is 3.55. The third-order valence-corrected chi connectivity index (χ3v) is 3.09. The van der Waals surface area contributed by atoms with Crippen LogP contribution in [0.3, 0.4) is 0 Å². The van der Waals surface area contributed by atoms with Crippen molar-refractivity contribution in [1.29, 1.82) is 0 Å². The summed E-state index contributed by atoms with van der Waals surface area (Å²) in [6.45, 7) is 4.59. The Morgan fingerprint density at radius 3 is 2.85 bits per heavy atom. The van der Waals surface area contributed by atoms with Crippen LogP contribution in [0.25, 0.3) is 11.5 Å². The van der Waals surface area contributed by atoms with Crippen LogP contribution >= 0.6 is 0 Å². The molecule has 2 heterocycles. The van der Waals surface area contributed by atoms with Gasteiger partial charge >= 0.3 is 0 Å². The first kappa shape index (κ1) is 14.6. The van der Waals surface area contributed by atoms with Crippen LogP contribution in [0.1, 0.15) is 17.0 Å². The molecule has 108 valence electrons. The number of rotatable bonds is 6. The molecule has 1 atom stereocenters. The standard InChI is InChI=1S/C14H20N4O2/c1-9-5-10(2)13(16-7-9)14-17-12(20-18-14)6-11(15-3)8-19-4/h5,7,11,15H,6,8H2,1-4H3. The molecule has 0 fully saturated rings. The van der Waals surface area contributed by atoms with E-state index in [0.717, 1.165) is 16.8 Å². The second-order valence-corrected chi connectivity index (χ2v) is 4.83. The molecule has 2 aromatic heterocycles. The van der Waals surface area contributed by atoms with Crippen LogP contribution in [0.15, 0.2) is 16.8 Å². The highest BCUT2D eigenvalue weighted by Crippen LogP contribution is 2.18. The molecule has 6 nitrogen and oxygen atoms in total. The highest BCUT2D eigenvalue weighted by Gasteiger charge is 2.15. The van der Waals surface area contributed by atoms with Crippen LogP contribution in [-0.4, -0.2) is 41.9 Å². The van der Waals surface area contributed by atoms with Crippen molar-refractivity contribution < 1.29 is 9.26 Å². The van der Waals surface area contributed by atoms with Crippen LogP contribution in [-0.2, 0) is 11.2 Å². The van der Waals surface area contributed by atoms with E-state index in [1.807, 2.05) is 20.9 Å². The number of nitrogens with one attached hydrogen (secondary N) is 1. The second-order valence-electron chi connectivity index (χ2n) is 4.83. The van der Waals surface area contributed by atoms with Crippen molar-refractivity contribution in [3.63, 3.8) is 0 Å². The van der Waals surface area contributed by atoms with Gasteiger partial charge in [0, 0.05) is 25.8 Å². The fourth-order valence-corrected chi connectivity index (χ4v) is 2.04. The van der Waals surface area contributed by atoms with Gasteiger partial charge in [0.15, 0.2) is 0 Å². The summed E-state index contributed by atoms with van der Waals surface area (Å²) < 4.78 is 10.4. The quantitative estimate of drug-likeness (QED) is 0.862. The van der Waals surface area contributed by atoms with Crippen molar-refractivity contribution in [3.8, 4) is 11.5 Å². The number of hydrogen-bond acceptors (Lipinski definition) is 6. The normalized spacial score (nSPS) is 12.6. The molecular formula is C14H20N4O2. The van der Waals surface area contributed by atoms with Gasteiger partial charge in [0.25, 0.3) is 0 Å². The molecule has 6 heteroatoms. The summed E-state index contributed by atoms with van der Waals surface area (Å²) >= 11 is 0. The molecular weight excluding hydrogens is 256 g/mol. The van der Waals surface area contributed by atoms with Crippen molar-refractivity contribution in [2.75, 3.05) is 20.8 Å². The van der Waals surface area contributed by atoms with Crippen LogP contribution < -0.4 is 5.32 Å². The second kappa shape index (κ2) is 6.58. The molecule has 0 spiro atoms. The minimum Gasteiger partial charge on any atom is -0.383 e. The summed E-state index contributed by atoms with van der Waals surface area (Å²) in [5.41, 5.74) is 2.92. The van der Waals surface area contributed by atoms with Gasteiger partial charge in [0.1, 0.15) is 5.69 Å². The van der Waals surface area contributed by atoms with Gasteiger partial charge in [-0.3, -0.25) is 4.98 Å². The molecule has 0 aliphatic rings. The lowest BCUT2D eigenvalue weighted by Crippen LogP contribution is -2.32. The molecule has 0 aliphatic carbocycles. The molecule has 0 saturated carbocycles. The largest absolute Gasteiger partial charge is 0.383 e. The Kier molecular flexibility index (Phi) is 4.81. The molecule has 0 saturated heterocycles. The number of hydrogen-bond donors (Lipinski definition) is 1. The number of likely N-dealkylation sites (N-methyl/N-ethyl adjacent to an activating group) is 1. The van der Waals surface area contributed by atoms with E-state index in [9.17, 15) is 0 Å². The van der Waals surface area contributed by atoms with E-state index in [0.29, 0.717) is 24.7 Å². The summed E-state index contributed by atoms with van der Waals surface area (Å²) in [5.74, 6) is 1.11. The van der Waals surface area contributed by atoms with Crippen molar-refractivity contribution in [2.24, 2.45) is 0 Å². The Morgan fingerprint density at radius 2 is 2.20 bits per heavy atom. The molecule has 1 N–H and O–H groups in total. The minimum atomic E-state index is 0.153. The Morgan fingerprint density at radius 1 is 1.40 bits per heavy atom. The zero-order valence-corrected chi connectivity index (χ0v) is 12.3.